The number of hydrogen-bond acceptors (Lipinski definition) is 3. The number of aromatic nitrogens is 2. The lowest BCUT2D eigenvalue weighted by molar-refractivity contribution is 0.0697. The Balaban J connectivity index is 2.33. The van der Waals surface area contributed by atoms with Crippen LogP contribution in [0.1, 0.15) is 17.3 Å². The van der Waals surface area contributed by atoms with Crippen LogP contribution in [0.3, 0.4) is 0 Å². The molecule has 0 fully saturated rings. The number of fused-ring (bicyclic) bond motifs is 1. The molecule has 96 valence electrons. The molecule has 0 saturated heterocycles. The minimum atomic E-state index is -0.901. The summed E-state index contributed by atoms with van der Waals surface area (Å²) in [5, 5.41) is 9.01. The lowest BCUT2D eigenvalue weighted by Gasteiger charge is -2.11. The Labute approximate surface area is 110 Å². The van der Waals surface area contributed by atoms with Crippen LogP contribution in [-0.4, -0.2) is 32.6 Å². The number of rotatable bonds is 5. The Hall–Kier alpha value is -1.49. The number of hydrogen-bond donors (Lipinski definition) is 1. The highest BCUT2D eigenvalue weighted by Gasteiger charge is 2.10. The summed E-state index contributed by atoms with van der Waals surface area (Å²) >= 11 is 1.82. The maximum atomic E-state index is 11.0. The minimum absolute atomic E-state index is 0.307. The van der Waals surface area contributed by atoms with Crippen molar-refractivity contribution in [3.63, 3.8) is 0 Å². The van der Waals surface area contributed by atoms with Crippen molar-refractivity contribution in [1.29, 1.82) is 0 Å². The molecule has 0 saturated carbocycles. The molecule has 5 heteroatoms. The Morgan fingerprint density at radius 2 is 2.33 bits per heavy atom. The van der Waals surface area contributed by atoms with Crippen LogP contribution in [0.25, 0.3) is 11.0 Å². The molecule has 1 unspecified atom stereocenters. The molecule has 1 N–H and O–H groups in total. The molecule has 1 aromatic carbocycles. The standard InChI is InChI=1S/C13H16N2O2S/c1-9(7-18-2)6-15-8-14-11-4-3-10(13(16)17)5-12(11)15/h3-5,8-9H,6-7H2,1-2H3,(H,16,17). The first kappa shape index (κ1) is 13.0. The van der Waals surface area contributed by atoms with Gasteiger partial charge in [-0.05, 0) is 36.1 Å². The highest BCUT2D eigenvalue weighted by molar-refractivity contribution is 7.98. The molecule has 1 heterocycles. The predicted octanol–water partition coefficient (Wildman–Crippen LogP) is 2.73. The lowest BCUT2D eigenvalue weighted by Crippen LogP contribution is -2.09. The summed E-state index contributed by atoms with van der Waals surface area (Å²) in [7, 11) is 0. The number of imidazole rings is 1. The Kier molecular flexibility index (Phi) is 3.91. The van der Waals surface area contributed by atoms with Crippen molar-refractivity contribution < 1.29 is 9.90 Å². The molecule has 18 heavy (non-hydrogen) atoms. The smallest absolute Gasteiger partial charge is 0.335 e. The first-order valence-corrected chi connectivity index (χ1v) is 7.18. The zero-order chi connectivity index (χ0) is 13.1. The number of nitrogens with zero attached hydrogens (tertiary/aromatic N) is 2. The maximum Gasteiger partial charge on any atom is 0.335 e. The third kappa shape index (κ3) is 2.67. The van der Waals surface area contributed by atoms with E-state index in [0.717, 1.165) is 23.3 Å². The molecule has 1 atom stereocenters. The van der Waals surface area contributed by atoms with Crippen LogP contribution in [0, 0.1) is 5.92 Å². The van der Waals surface area contributed by atoms with E-state index in [1.54, 1.807) is 24.5 Å². The molecule has 0 bridgehead atoms. The van der Waals surface area contributed by atoms with E-state index in [-0.39, 0.29) is 0 Å². The molecule has 2 aromatic rings. The first-order chi connectivity index (χ1) is 8.61. The summed E-state index contributed by atoms with van der Waals surface area (Å²) < 4.78 is 2.03. The summed E-state index contributed by atoms with van der Waals surface area (Å²) in [6.07, 6.45) is 3.87. The highest BCUT2D eigenvalue weighted by Crippen LogP contribution is 2.17. The maximum absolute atomic E-state index is 11.0. The van der Waals surface area contributed by atoms with Gasteiger partial charge in [0.1, 0.15) is 0 Å². The quantitative estimate of drug-likeness (QED) is 0.902. The van der Waals surface area contributed by atoms with Gasteiger partial charge in [0, 0.05) is 6.54 Å². The molecule has 0 aliphatic carbocycles. The summed E-state index contributed by atoms with van der Waals surface area (Å²) in [4.78, 5) is 15.3. The topological polar surface area (TPSA) is 55.1 Å². The van der Waals surface area contributed by atoms with E-state index < -0.39 is 5.97 Å². The monoisotopic (exact) mass is 264 g/mol. The van der Waals surface area contributed by atoms with Crippen LogP contribution in [-0.2, 0) is 6.54 Å². The molecular formula is C13H16N2O2S. The van der Waals surface area contributed by atoms with Crippen LogP contribution >= 0.6 is 11.8 Å². The molecule has 0 spiro atoms. The van der Waals surface area contributed by atoms with Crippen LogP contribution in [0.4, 0.5) is 0 Å². The van der Waals surface area contributed by atoms with Gasteiger partial charge >= 0.3 is 5.97 Å². The summed E-state index contributed by atoms with van der Waals surface area (Å²) in [6, 6.07) is 5.04. The van der Waals surface area contributed by atoms with Gasteiger partial charge in [-0.15, -0.1) is 0 Å². The van der Waals surface area contributed by atoms with Gasteiger partial charge in [0.05, 0.1) is 22.9 Å². The fraction of sp³-hybridized carbons (Fsp3) is 0.385. The van der Waals surface area contributed by atoms with Crippen LogP contribution < -0.4 is 0 Å². The van der Waals surface area contributed by atoms with E-state index in [9.17, 15) is 4.79 Å². The highest BCUT2D eigenvalue weighted by atomic mass is 32.2. The van der Waals surface area contributed by atoms with E-state index in [4.69, 9.17) is 5.11 Å². The van der Waals surface area contributed by atoms with Gasteiger partial charge in [0.15, 0.2) is 0 Å². The van der Waals surface area contributed by atoms with Crippen molar-refractivity contribution in [1.82, 2.24) is 9.55 Å². The van der Waals surface area contributed by atoms with Crippen molar-refractivity contribution in [3.8, 4) is 0 Å². The zero-order valence-electron chi connectivity index (χ0n) is 10.5. The molecule has 4 nitrogen and oxygen atoms in total. The Bertz CT molecular complexity index is 565. The lowest BCUT2D eigenvalue weighted by atomic mass is 10.2. The van der Waals surface area contributed by atoms with Gasteiger partial charge in [-0.25, -0.2) is 9.78 Å². The molecule has 0 aliphatic rings. The average Bonchev–Trinajstić information content (AvgIpc) is 2.72. The minimum Gasteiger partial charge on any atom is -0.478 e. The van der Waals surface area contributed by atoms with Crippen molar-refractivity contribution >= 4 is 28.8 Å². The van der Waals surface area contributed by atoms with E-state index in [1.165, 1.54) is 0 Å². The third-order valence-corrected chi connectivity index (χ3v) is 3.73. The fourth-order valence-electron chi connectivity index (χ4n) is 2.01. The normalized spacial score (nSPS) is 12.8. The van der Waals surface area contributed by atoms with E-state index in [0.29, 0.717) is 11.5 Å². The summed E-state index contributed by atoms with van der Waals surface area (Å²) in [6.45, 7) is 3.05. The molecule has 0 amide bonds. The Morgan fingerprint density at radius 3 is 3.00 bits per heavy atom. The average molecular weight is 264 g/mol. The van der Waals surface area contributed by atoms with Gasteiger partial charge in [-0.2, -0.15) is 11.8 Å². The second-order valence-corrected chi connectivity index (χ2v) is 5.38. The number of carbonyl (C=O) groups is 1. The van der Waals surface area contributed by atoms with Crippen molar-refractivity contribution in [2.45, 2.75) is 13.5 Å². The number of aromatic carboxylic acids is 1. The summed E-state index contributed by atoms with van der Waals surface area (Å²) in [5.74, 6) is 0.714. The van der Waals surface area contributed by atoms with Gasteiger partial charge in [-0.1, -0.05) is 6.92 Å². The van der Waals surface area contributed by atoms with Crippen LogP contribution in [0.15, 0.2) is 24.5 Å². The molecular weight excluding hydrogens is 248 g/mol. The predicted molar refractivity (Wildman–Crippen MR) is 74.2 cm³/mol. The second-order valence-electron chi connectivity index (χ2n) is 4.47. The number of carboxylic acids is 1. The van der Waals surface area contributed by atoms with Crippen LogP contribution in [0.5, 0.6) is 0 Å². The largest absolute Gasteiger partial charge is 0.478 e. The van der Waals surface area contributed by atoms with E-state index >= 15 is 0 Å². The zero-order valence-corrected chi connectivity index (χ0v) is 11.3. The molecule has 0 aliphatic heterocycles. The van der Waals surface area contributed by atoms with Gasteiger partial charge in [-0.3, -0.25) is 0 Å². The number of benzene rings is 1. The van der Waals surface area contributed by atoms with Gasteiger partial charge in [0.2, 0.25) is 0 Å². The first-order valence-electron chi connectivity index (χ1n) is 5.79. The van der Waals surface area contributed by atoms with E-state index in [1.807, 2.05) is 16.3 Å². The van der Waals surface area contributed by atoms with Gasteiger partial charge < -0.3 is 9.67 Å². The van der Waals surface area contributed by atoms with Crippen LogP contribution in [0.2, 0.25) is 0 Å². The molecule has 0 radical (unpaired) electrons. The van der Waals surface area contributed by atoms with E-state index in [2.05, 4.69) is 18.2 Å². The number of thioether (sulfide) groups is 1. The second kappa shape index (κ2) is 5.44. The SMILES string of the molecule is CSCC(C)Cn1cnc2ccc(C(=O)O)cc21. The van der Waals surface area contributed by atoms with Crippen molar-refractivity contribution in [3.05, 3.63) is 30.1 Å². The molecule has 1 aromatic heterocycles. The van der Waals surface area contributed by atoms with Gasteiger partial charge in [0.25, 0.3) is 0 Å². The third-order valence-electron chi connectivity index (χ3n) is 2.83. The fourth-order valence-corrected chi connectivity index (χ4v) is 2.68. The number of carboxylic acid groups (broad SMARTS) is 1. The van der Waals surface area contributed by atoms with Crippen molar-refractivity contribution in [2.24, 2.45) is 5.92 Å². The molecule has 2 rings (SSSR count). The summed E-state index contributed by atoms with van der Waals surface area (Å²) in [5.41, 5.74) is 2.04. The van der Waals surface area contributed by atoms with Crippen molar-refractivity contribution in [2.75, 3.05) is 12.0 Å². The Morgan fingerprint density at radius 1 is 1.56 bits per heavy atom.